The second kappa shape index (κ2) is 6.59. The zero-order chi connectivity index (χ0) is 13.7. The van der Waals surface area contributed by atoms with Crippen LogP contribution in [0.5, 0.6) is 0 Å². The first-order chi connectivity index (χ1) is 9.20. The first kappa shape index (κ1) is 13.9. The Bertz CT molecular complexity index is 533. The summed E-state index contributed by atoms with van der Waals surface area (Å²) in [6.07, 6.45) is 4.05. The third-order valence-electron chi connectivity index (χ3n) is 2.88. The molecule has 1 atom stereocenters. The Hall–Kier alpha value is -1.52. The lowest BCUT2D eigenvalue weighted by Gasteiger charge is -2.18. The van der Waals surface area contributed by atoms with E-state index in [1.165, 1.54) is 6.07 Å². The highest BCUT2D eigenvalue weighted by atomic mass is 35.5. The molecule has 0 saturated carbocycles. The van der Waals surface area contributed by atoms with Gasteiger partial charge in [-0.1, -0.05) is 24.6 Å². The van der Waals surface area contributed by atoms with Crippen LogP contribution in [-0.2, 0) is 6.42 Å². The van der Waals surface area contributed by atoms with Gasteiger partial charge in [-0.2, -0.15) is 10.2 Å². The van der Waals surface area contributed by atoms with Crippen molar-refractivity contribution in [2.45, 2.75) is 19.4 Å². The zero-order valence-corrected chi connectivity index (χ0v) is 11.4. The molecule has 19 heavy (non-hydrogen) atoms. The fourth-order valence-corrected chi connectivity index (χ4v) is 2.08. The second-order valence-electron chi connectivity index (χ2n) is 4.24. The molecule has 1 aromatic carbocycles. The lowest BCUT2D eigenvalue weighted by atomic mass is 10.0. The van der Waals surface area contributed by atoms with Gasteiger partial charge in [-0.15, -0.1) is 0 Å². The van der Waals surface area contributed by atoms with Crippen molar-refractivity contribution in [1.29, 1.82) is 0 Å². The van der Waals surface area contributed by atoms with Crippen LogP contribution in [0.2, 0.25) is 5.02 Å². The van der Waals surface area contributed by atoms with E-state index in [2.05, 4.69) is 15.5 Å². The Morgan fingerprint density at radius 2 is 2.16 bits per heavy atom. The van der Waals surface area contributed by atoms with E-state index in [1.807, 2.05) is 19.1 Å². The van der Waals surface area contributed by atoms with Crippen LogP contribution in [0.4, 0.5) is 4.39 Å². The highest BCUT2D eigenvalue weighted by Gasteiger charge is 2.12. The number of hydrogen-bond acceptors (Lipinski definition) is 3. The minimum Gasteiger partial charge on any atom is -0.310 e. The summed E-state index contributed by atoms with van der Waals surface area (Å²) in [6.45, 7) is 2.85. The summed E-state index contributed by atoms with van der Waals surface area (Å²) in [5.74, 6) is -0.387. The van der Waals surface area contributed by atoms with Gasteiger partial charge in [0.05, 0.1) is 11.2 Å². The van der Waals surface area contributed by atoms with Crippen LogP contribution in [0, 0.1) is 5.82 Å². The molecule has 2 aromatic rings. The van der Waals surface area contributed by atoms with E-state index in [-0.39, 0.29) is 16.9 Å². The molecule has 0 aliphatic carbocycles. The predicted octanol–water partition coefficient (Wildman–Crippen LogP) is 3.16. The van der Waals surface area contributed by atoms with Crippen molar-refractivity contribution in [3.8, 4) is 0 Å². The van der Waals surface area contributed by atoms with Gasteiger partial charge in [0.25, 0.3) is 0 Å². The molecule has 100 valence electrons. The average molecular weight is 280 g/mol. The highest BCUT2D eigenvalue weighted by molar-refractivity contribution is 6.30. The molecule has 3 nitrogen and oxygen atoms in total. The van der Waals surface area contributed by atoms with Gasteiger partial charge in [0.15, 0.2) is 0 Å². The molecule has 0 radical (unpaired) electrons. The molecule has 1 N–H and O–H groups in total. The fourth-order valence-electron chi connectivity index (χ4n) is 1.96. The first-order valence-electron chi connectivity index (χ1n) is 6.14. The van der Waals surface area contributed by atoms with Crippen molar-refractivity contribution in [3.05, 3.63) is 58.6 Å². The predicted molar refractivity (Wildman–Crippen MR) is 73.6 cm³/mol. The maximum absolute atomic E-state index is 13.4. The molecule has 0 saturated heterocycles. The average Bonchev–Trinajstić information content (AvgIpc) is 2.43. The summed E-state index contributed by atoms with van der Waals surface area (Å²) in [7, 11) is 0. The van der Waals surface area contributed by atoms with Crippen molar-refractivity contribution in [3.63, 3.8) is 0 Å². The summed E-state index contributed by atoms with van der Waals surface area (Å²) in [4.78, 5) is 0. The number of halogens is 2. The first-order valence-corrected chi connectivity index (χ1v) is 6.52. The SMILES string of the molecule is CCNC(Cc1ccc(Cl)c(F)c1)c1ccnnc1. The number of hydrogen-bond donors (Lipinski definition) is 1. The van der Waals surface area contributed by atoms with E-state index in [9.17, 15) is 4.39 Å². The van der Waals surface area contributed by atoms with Crippen LogP contribution >= 0.6 is 11.6 Å². The lowest BCUT2D eigenvalue weighted by molar-refractivity contribution is 0.544. The molecular weight excluding hydrogens is 265 g/mol. The molecule has 5 heteroatoms. The molecule has 0 bridgehead atoms. The lowest BCUT2D eigenvalue weighted by Crippen LogP contribution is -2.23. The van der Waals surface area contributed by atoms with E-state index in [4.69, 9.17) is 11.6 Å². The van der Waals surface area contributed by atoms with Crippen molar-refractivity contribution in [2.75, 3.05) is 6.54 Å². The Labute approximate surface area is 116 Å². The fraction of sp³-hybridized carbons (Fsp3) is 0.286. The van der Waals surface area contributed by atoms with Gasteiger partial charge in [0.2, 0.25) is 0 Å². The van der Waals surface area contributed by atoms with E-state index >= 15 is 0 Å². The van der Waals surface area contributed by atoms with Gasteiger partial charge in [0, 0.05) is 12.2 Å². The molecule has 1 unspecified atom stereocenters. The van der Waals surface area contributed by atoms with Crippen molar-refractivity contribution in [2.24, 2.45) is 0 Å². The molecule has 1 heterocycles. The molecule has 0 spiro atoms. The number of nitrogens with one attached hydrogen (secondary N) is 1. The quantitative estimate of drug-likeness (QED) is 0.914. The Balaban J connectivity index is 2.19. The van der Waals surface area contributed by atoms with Gasteiger partial charge in [-0.05, 0) is 42.3 Å². The van der Waals surface area contributed by atoms with Crippen LogP contribution in [0.15, 0.2) is 36.7 Å². The van der Waals surface area contributed by atoms with Crippen LogP contribution in [0.1, 0.15) is 24.1 Å². The second-order valence-corrected chi connectivity index (χ2v) is 4.65. The number of rotatable bonds is 5. The molecule has 0 fully saturated rings. The van der Waals surface area contributed by atoms with E-state index in [0.717, 1.165) is 17.7 Å². The van der Waals surface area contributed by atoms with E-state index in [1.54, 1.807) is 18.5 Å². The molecule has 0 amide bonds. The molecule has 0 aliphatic heterocycles. The van der Waals surface area contributed by atoms with Gasteiger partial charge in [-0.3, -0.25) is 0 Å². The van der Waals surface area contributed by atoms with Crippen molar-refractivity contribution < 1.29 is 4.39 Å². The summed E-state index contributed by atoms with van der Waals surface area (Å²) < 4.78 is 13.4. The van der Waals surface area contributed by atoms with Gasteiger partial charge in [-0.25, -0.2) is 4.39 Å². The molecule has 2 rings (SSSR count). The number of benzene rings is 1. The van der Waals surface area contributed by atoms with Crippen LogP contribution in [-0.4, -0.2) is 16.7 Å². The minimum absolute atomic E-state index is 0.0843. The van der Waals surface area contributed by atoms with E-state index < -0.39 is 0 Å². The van der Waals surface area contributed by atoms with Crippen LogP contribution in [0.25, 0.3) is 0 Å². The number of aromatic nitrogens is 2. The standard InChI is InChI=1S/C14H15ClFN3/c1-2-17-14(11-5-6-18-19-9-11)8-10-3-4-12(15)13(16)7-10/h3-7,9,14,17H,2,8H2,1H3. The topological polar surface area (TPSA) is 37.8 Å². The maximum atomic E-state index is 13.4. The van der Waals surface area contributed by atoms with Crippen LogP contribution < -0.4 is 5.32 Å². The maximum Gasteiger partial charge on any atom is 0.142 e. The molecular formula is C14H15ClFN3. The smallest absolute Gasteiger partial charge is 0.142 e. The summed E-state index contributed by atoms with van der Waals surface area (Å²) in [5.41, 5.74) is 1.93. The highest BCUT2D eigenvalue weighted by Crippen LogP contribution is 2.21. The normalized spacial score (nSPS) is 12.4. The van der Waals surface area contributed by atoms with Gasteiger partial charge in [0.1, 0.15) is 5.82 Å². The van der Waals surface area contributed by atoms with Crippen molar-refractivity contribution in [1.82, 2.24) is 15.5 Å². The van der Waals surface area contributed by atoms with Gasteiger partial charge >= 0.3 is 0 Å². The van der Waals surface area contributed by atoms with Gasteiger partial charge < -0.3 is 5.32 Å². The Morgan fingerprint density at radius 3 is 2.79 bits per heavy atom. The summed E-state index contributed by atoms with van der Waals surface area (Å²) >= 11 is 5.69. The van der Waals surface area contributed by atoms with Crippen molar-refractivity contribution >= 4 is 11.6 Å². The number of nitrogens with zero attached hydrogens (tertiary/aromatic N) is 2. The number of likely N-dealkylation sites (N-methyl/N-ethyl adjacent to an activating group) is 1. The minimum atomic E-state index is -0.387. The Morgan fingerprint density at radius 1 is 1.32 bits per heavy atom. The third-order valence-corrected chi connectivity index (χ3v) is 3.19. The summed E-state index contributed by atoms with van der Waals surface area (Å²) in [5, 5.41) is 11.1. The summed E-state index contributed by atoms with van der Waals surface area (Å²) in [6, 6.07) is 6.89. The van der Waals surface area contributed by atoms with Crippen LogP contribution in [0.3, 0.4) is 0 Å². The largest absolute Gasteiger partial charge is 0.310 e. The Kier molecular flexibility index (Phi) is 4.82. The zero-order valence-electron chi connectivity index (χ0n) is 10.6. The monoisotopic (exact) mass is 279 g/mol. The molecule has 1 aromatic heterocycles. The molecule has 0 aliphatic rings. The third kappa shape index (κ3) is 3.72. The van der Waals surface area contributed by atoms with E-state index in [0.29, 0.717) is 6.42 Å².